The van der Waals surface area contributed by atoms with E-state index in [2.05, 4.69) is 21.2 Å². The van der Waals surface area contributed by atoms with Crippen LogP contribution in [0.1, 0.15) is 16.8 Å². The highest BCUT2D eigenvalue weighted by atomic mass is 79.9. The summed E-state index contributed by atoms with van der Waals surface area (Å²) in [6, 6.07) is 0.674. The minimum Gasteiger partial charge on any atom is -0.385 e. The summed E-state index contributed by atoms with van der Waals surface area (Å²) < 4.78 is 54.8. The fraction of sp³-hybridized carbons (Fsp3) is 0.364. The maximum atomic E-state index is 14.1. The molecule has 0 unspecified atom stereocenters. The number of sulfonamides is 1. The van der Waals surface area contributed by atoms with E-state index in [1.54, 1.807) is 0 Å². The van der Waals surface area contributed by atoms with Crippen molar-refractivity contribution in [1.29, 1.82) is 0 Å². The molecule has 0 saturated heterocycles. The summed E-state index contributed by atoms with van der Waals surface area (Å²) in [4.78, 5) is 10.8. The predicted molar refractivity (Wildman–Crippen MR) is 74.3 cm³/mol. The van der Waals surface area contributed by atoms with E-state index in [0.29, 0.717) is 19.1 Å². The normalized spacial score (nSPS) is 11.5. The van der Waals surface area contributed by atoms with Crippen LogP contribution in [-0.4, -0.2) is 34.6 Å². The van der Waals surface area contributed by atoms with Gasteiger partial charge in [-0.3, -0.25) is 4.79 Å². The van der Waals surface area contributed by atoms with Crippen LogP contribution in [0.2, 0.25) is 0 Å². The van der Waals surface area contributed by atoms with Crippen molar-refractivity contribution in [3.63, 3.8) is 0 Å². The lowest BCUT2D eigenvalue weighted by Crippen LogP contribution is -2.28. The van der Waals surface area contributed by atoms with Crippen molar-refractivity contribution < 1.29 is 26.7 Å². The van der Waals surface area contributed by atoms with E-state index in [1.807, 2.05) is 0 Å². The molecule has 0 atom stereocenters. The number of nitrogens with one attached hydrogen (secondary N) is 1. The third-order valence-corrected chi connectivity index (χ3v) is 4.31. The molecule has 1 aromatic rings. The highest BCUT2D eigenvalue weighted by Gasteiger charge is 2.28. The average Bonchev–Trinajstić information content (AvgIpc) is 2.32. The number of carbonyl (C=O) groups is 1. The number of halogens is 3. The number of nitrogens with two attached hydrogens (primary N) is 1. The van der Waals surface area contributed by atoms with Crippen molar-refractivity contribution in [1.82, 2.24) is 5.32 Å². The summed E-state index contributed by atoms with van der Waals surface area (Å²) in [6.45, 7) is 0.473. The smallest absolute Gasteiger partial charge is 0.257 e. The van der Waals surface area contributed by atoms with E-state index < -0.39 is 42.5 Å². The third-order valence-electron chi connectivity index (χ3n) is 2.45. The number of carbonyl (C=O) groups excluding carboxylic acids is 1. The molecule has 0 aliphatic carbocycles. The molecule has 3 N–H and O–H groups in total. The van der Waals surface area contributed by atoms with Crippen LogP contribution in [0.3, 0.4) is 0 Å². The highest BCUT2D eigenvalue weighted by molar-refractivity contribution is 9.10. The Morgan fingerprint density at radius 2 is 2.10 bits per heavy atom. The van der Waals surface area contributed by atoms with E-state index in [1.165, 1.54) is 7.11 Å². The number of hydrogen-bond acceptors (Lipinski definition) is 4. The van der Waals surface area contributed by atoms with Gasteiger partial charge in [0, 0.05) is 24.7 Å². The lowest BCUT2D eigenvalue weighted by atomic mass is 10.2. The first-order valence-corrected chi connectivity index (χ1v) is 8.01. The summed E-state index contributed by atoms with van der Waals surface area (Å²) in [6.07, 6.45) is 0.435. The van der Waals surface area contributed by atoms with E-state index in [9.17, 15) is 22.0 Å². The minimum atomic E-state index is -4.45. The molecule has 0 radical (unpaired) electrons. The van der Waals surface area contributed by atoms with Gasteiger partial charge in [-0.25, -0.2) is 22.3 Å². The topological polar surface area (TPSA) is 98.5 Å². The van der Waals surface area contributed by atoms with Gasteiger partial charge in [-0.2, -0.15) is 0 Å². The van der Waals surface area contributed by atoms with Gasteiger partial charge in [0.15, 0.2) is 5.82 Å². The minimum absolute atomic E-state index is 0.117. The zero-order chi connectivity index (χ0) is 16.2. The molecule has 0 saturated carbocycles. The molecule has 0 spiro atoms. The van der Waals surface area contributed by atoms with Crippen LogP contribution >= 0.6 is 15.9 Å². The van der Waals surface area contributed by atoms with Crippen molar-refractivity contribution in [2.75, 3.05) is 20.3 Å². The van der Waals surface area contributed by atoms with Crippen LogP contribution in [0.4, 0.5) is 8.78 Å². The van der Waals surface area contributed by atoms with Crippen LogP contribution in [0.5, 0.6) is 0 Å². The summed E-state index contributed by atoms with van der Waals surface area (Å²) in [5.41, 5.74) is -1.00. The van der Waals surface area contributed by atoms with Crippen molar-refractivity contribution in [2.24, 2.45) is 5.14 Å². The summed E-state index contributed by atoms with van der Waals surface area (Å²) >= 11 is 2.70. The zero-order valence-corrected chi connectivity index (χ0v) is 13.4. The van der Waals surface area contributed by atoms with E-state index in [-0.39, 0.29) is 6.54 Å². The van der Waals surface area contributed by atoms with Crippen molar-refractivity contribution >= 4 is 31.9 Å². The summed E-state index contributed by atoms with van der Waals surface area (Å²) in [5.74, 6) is -3.80. The number of rotatable bonds is 6. The number of hydrogen-bond donors (Lipinski definition) is 2. The first kappa shape index (κ1) is 18.0. The number of primary sulfonamides is 1. The van der Waals surface area contributed by atoms with E-state index >= 15 is 0 Å². The molecule has 1 aromatic carbocycles. The van der Waals surface area contributed by atoms with Gasteiger partial charge >= 0.3 is 0 Å². The molecular formula is C11H13BrF2N2O4S. The molecular weight excluding hydrogens is 374 g/mol. The maximum Gasteiger partial charge on any atom is 0.257 e. The third kappa shape index (κ3) is 4.43. The van der Waals surface area contributed by atoms with Gasteiger partial charge in [-0.05, 0) is 28.4 Å². The Labute approximate surface area is 128 Å². The second kappa shape index (κ2) is 7.25. The van der Waals surface area contributed by atoms with Crippen molar-refractivity contribution in [3.05, 3.63) is 27.7 Å². The second-order valence-electron chi connectivity index (χ2n) is 4.01. The molecule has 6 nitrogen and oxygen atoms in total. The van der Waals surface area contributed by atoms with E-state index in [4.69, 9.17) is 9.88 Å². The first-order chi connectivity index (χ1) is 9.70. The zero-order valence-electron chi connectivity index (χ0n) is 11.0. The fourth-order valence-corrected chi connectivity index (χ4v) is 3.28. The molecule has 0 aliphatic heterocycles. The van der Waals surface area contributed by atoms with Crippen molar-refractivity contribution in [3.8, 4) is 0 Å². The van der Waals surface area contributed by atoms with Gasteiger partial charge in [0.2, 0.25) is 10.0 Å². The van der Waals surface area contributed by atoms with Crippen LogP contribution in [-0.2, 0) is 14.8 Å². The van der Waals surface area contributed by atoms with Gasteiger partial charge in [0.1, 0.15) is 16.3 Å². The molecule has 0 bridgehead atoms. The Morgan fingerprint density at radius 1 is 1.48 bits per heavy atom. The molecule has 10 heteroatoms. The maximum absolute atomic E-state index is 14.1. The highest BCUT2D eigenvalue weighted by Crippen LogP contribution is 2.28. The van der Waals surface area contributed by atoms with Gasteiger partial charge in [-0.15, -0.1) is 0 Å². The van der Waals surface area contributed by atoms with Crippen LogP contribution < -0.4 is 10.5 Å². The van der Waals surface area contributed by atoms with Crippen LogP contribution in [0, 0.1) is 11.6 Å². The molecule has 0 aromatic heterocycles. The summed E-state index contributed by atoms with van der Waals surface area (Å²) in [5, 5.41) is 7.11. The summed E-state index contributed by atoms with van der Waals surface area (Å²) in [7, 11) is -2.99. The largest absolute Gasteiger partial charge is 0.385 e. The molecule has 1 amide bonds. The van der Waals surface area contributed by atoms with E-state index in [0.717, 1.165) is 0 Å². The standard InChI is InChI=1S/C11H13BrF2N2O4S/c1-20-4-2-3-16-11(17)8-7(13)5-6(12)10(9(8)14)21(15,18)19/h5H,2-4H2,1H3,(H,16,17)(H2,15,18,19). The Kier molecular flexibility index (Phi) is 6.20. The van der Waals surface area contributed by atoms with Crippen LogP contribution in [0.15, 0.2) is 15.4 Å². The van der Waals surface area contributed by atoms with Gasteiger partial charge in [0.25, 0.3) is 5.91 Å². The van der Waals surface area contributed by atoms with Gasteiger partial charge in [0.05, 0.1) is 0 Å². The lowest BCUT2D eigenvalue weighted by Gasteiger charge is -2.11. The Morgan fingerprint density at radius 3 is 2.62 bits per heavy atom. The Bertz CT molecular complexity index is 652. The molecule has 118 valence electrons. The Balaban J connectivity index is 3.16. The molecule has 1 rings (SSSR count). The second-order valence-corrected chi connectivity index (χ2v) is 6.36. The number of ether oxygens (including phenoxy) is 1. The Hall–Kier alpha value is -1.10. The number of benzene rings is 1. The quantitative estimate of drug-likeness (QED) is 0.716. The van der Waals surface area contributed by atoms with Crippen LogP contribution in [0.25, 0.3) is 0 Å². The van der Waals surface area contributed by atoms with Crippen molar-refractivity contribution in [2.45, 2.75) is 11.3 Å². The first-order valence-electron chi connectivity index (χ1n) is 5.67. The number of amides is 1. The SMILES string of the molecule is COCCCNC(=O)c1c(F)cc(Br)c(S(N)(=O)=O)c1F. The molecule has 0 fully saturated rings. The van der Waals surface area contributed by atoms with Gasteiger partial charge in [-0.1, -0.05) is 0 Å². The average molecular weight is 387 g/mol. The van der Waals surface area contributed by atoms with Gasteiger partial charge < -0.3 is 10.1 Å². The molecule has 0 heterocycles. The molecule has 0 aliphatic rings. The number of methoxy groups -OCH3 is 1. The monoisotopic (exact) mass is 386 g/mol. The fourth-order valence-electron chi connectivity index (χ4n) is 1.55. The molecule has 21 heavy (non-hydrogen) atoms. The lowest BCUT2D eigenvalue weighted by molar-refractivity contribution is 0.0939. The predicted octanol–water partition coefficient (Wildman–Crippen LogP) is 1.14.